The van der Waals surface area contributed by atoms with Gasteiger partial charge in [0.15, 0.2) is 0 Å². The maximum atomic E-state index is 8.87. The van der Waals surface area contributed by atoms with E-state index in [0.29, 0.717) is 17.9 Å². The summed E-state index contributed by atoms with van der Waals surface area (Å²) in [7, 11) is 0. The van der Waals surface area contributed by atoms with Crippen molar-refractivity contribution < 1.29 is 4.74 Å². The van der Waals surface area contributed by atoms with Crippen molar-refractivity contribution in [3.63, 3.8) is 0 Å². The van der Waals surface area contributed by atoms with Gasteiger partial charge in [-0.15, -0.1) is 0 Å². The number of nitrogens with zero attached hydrogens (tertiary/aromatic N) is 1. The molecule has 0 saturated carbocycles. The van der Waals surface area contributed by atoms with E-state index >= 15 is 0 Å². The van der Waals surface area contributed by atoms with Crippen LogP contribution >= 0.6 is 11.3 Å². The minimum absolute atomic E-state index is 0.591. The summed E-state index contributed by atoms with van der Waals surface area (Å²) in [4.78, 5) is 0. The molecule has 1 aromatic heterocycles. The van der Waals surface area contributed by atoms with Gasteiger partial charge in [-0.1, -0.05) is 12.1 Å². The molecule has 0 amide bonds. The van der Waals surface area contributed by atoms with Gasteiger partial charge in [0, 0.05) is 6.42 Å². The van der Waals surface area contributed by atoms with E-state index in [0.717, 1.165) is 6.42 Å². The lowest BCUT2D eigenvalue weighted by atomic mass is 10.2. The van der Waals surface area contributed by atoms with Crippen molar-refractivity contribution in [2.24, 2.45) is 0 Å². The largest absolute Gasteiger partial charge is 0.492 e. The predicted octanol–water partition coefficient (Wildman–Crippen LogP) is 3.24. The zero-order valence-corrected chi connectivity index (χ0v) is 9.54. The van der Waals surface area contributed by atoms with Crippen LogP contribution in [-0.4, -0.2) is 6.61 Å². The fourth-order valence-electron chi connectivity index (χ4n) is 1.40. The molecule has 16 heavy (non-hydrogen) atoms. The van der Waals surface area contributed by atoms with Gasteiger partial charge in [0.05, 0.1) is 12.2 Å². The Bertz CT molecular complexity index is 485. The predicted molar refractivity (Wildman–Crippen MR) is 64.7 cm³/mol. The van der Waals surface area contributed by atoms with Crippen LogP contribution in [0.25, 0.3) is 0 Å². The zero-order valence-electron chi connectivity index (χ0n) is 8.72. The average molecular weight is 229 g/mol. The highest BCUT2D eigenvalue weighted by molar-refractivity contribution is 7.07. The lowest BCUT2D eigenvalue weighted by Crippen LogP contribution is -2.01. The molecule has 0 unspecified atom stereocenters. The summed E-state index contributed by atoms with van der Waals surface area (Å²) in [6.07, 6.45) is 0.878. The number of ether oxygens (including phenoxy) is 1. The topological polar surface area (TPSA) is 33.0 Å². The molecular formula is C13H11NOS. The van der Waals surface area contributed by atoms with E-state index in [1.807, 2.05) is 18.2 Å². The normalized spacial score (nSPS) is 9.69. The Hall–Kier alpha value is -1.79. The molecule has 2 aromatic rings. The first-order valence-electron chi connectivity index (χ1n) is 5.03. The number of hydrogen-bond acceptors (Lipinski definition) is 3. The molecule has 0 bridgehead atoms. The lowest BCUT2D eigenvalue weighted by molar-refractivity contribution is 0.321. The van der Waals surface area contributed by atoms with Crippen LogP contribution in [0.2, 0.25) is 0 Å². The van der Waals surface area contributed by atoms with E-state index in [1.165, 1.54) is 5.56 Å². The van der Waals surface area contributed by atoms with Crippen LogP contribution in [0.1, 0.15) is 11.1 Å². The zero-order chi connectivity index (χ0) is 11.2. The number of rotatable bonds is 4. The third kappa shape index (κ3) is 2.62. The quantitative estimate of drug-likeness (QED) is 0.806. The third-order valence-corrected chi connectivity index (χ3v) is 2.97. The first-order chi connectivity index (χ1) is 7.90. The summed E-state index contributed by atoms with van der Waals surface area (Å²) in [5.41, 5.74) is 1.87. The lowest BCUT2D eigenvalue weighted by Gasteiger charge is -2.06. The average Bonchev–Trinajstić information content (AvgIpc) is 2.83. The van der Waals surface area contributed by atoms with Gasteiger partial charge in [-0.3, -0.25) is 0 Å². The number of nitriles is 1. The minimum Gasteiger partial charge on any atom is -0.492 e. The molecule has 1 heterocycles. The molecule has 0 atom stereocenters. The van der Waals surface area contributed by atoms with Crippen LogP contribution in [0.5, 0.6) is 5.75 Å². The first-order valence-corrected chi connectivity index (χ1v) is 5.97. The van der Waals surface area contributed by atoms with Crippen LogP contribution in [0.3, 0.4) is 0 Å². The Morgan fingerprint density at radius 1 is 1.25 bits per heavy atom. The summed E-state index contributed by atoms with van der Waals surface area (Å²) in [6, 6.07) is 11.5. The maximum absolute atomic E-state index is 8.87. The molecule has 0 aliphatic carbocycles. The summed E-state index contributed by atoms with van der Waals surface area (Å²) in [5.74, 6) is 0.667. The Labute approximate surface area is 98.7 Å². The van der Waals surface area contributed by atoms with Gasteiger partial charge < -0.3 is 4.74 Å². The Kier molecular flexibility index (Phi) is 3.58. The molecular weight excluding hydrogens is 218 g/mol. The molecule has 0 saturated heterocycles. The van der Waals surface area contributed by atoms with Crippen molar-refractivity contribution in [2.45, 2.75) is 6.42 Å². The van der Waals surface area contributed by atoms with Crippen LogP contribution in [0.15, 0.2) is 41.1 Å². The van der Waals surface area contributed by atoms with Gasteiger partial charge >= 0.3 is 0 Å². The van der Waals surface area contributed by atoms with Crippen molar-refractivity contribution in [3.05, 3.63) is 52.2 Å². The fraction of sp³-hybridized carbons (Fsp3) is 0.154. The molecule has 0 radical (unpaired) electrons. The summed E-state index contributed by atoms with van der Waals surface area (Å²) < 4.78 is 5.58. The van der Waals surface area contributed by atoms with Gasteiger partial charge in [0.1, 0.15) is 11.8 Å². The van der Waals surface area contributed by atoms with Gasteiger partial charge in [-0.05, 0) is 34.5 Å². The number of thiophene rings is 1. The Balaban J connectivity index is 1.93. The maximum Gasteiger partial charge on any atom is 0.137 e. The second-order valence-electron chi connectivity index (χ2n) is 3.34. The SMILES string of the molecule is N#Cc1ccccc1OCCc1ccsc1. The van der Waals surface area contributed by atoms with E-state index in [9.17, 15) is 0 Å². The molecule has 2 nitrogen and oxygen atoms in total. The van der Waals surface area contributed by atoms with Crippen molar-refractivity contribution >= 4 is 11.3 Å². The summed E-state index contributed by atoms with van der Waals surface area (Å²) in [6.45, 7) is 0.607. The van der Waals surface area contributed by atoms with E-state index in [4.69, 9.17) is 10.00 Å². The van der Waals surface area contributed by atoms with E-state index in [1.54, 1.807) is 17.4 Å². The van der Waals surface area contributed by atoms with Gasteiger partial charge in [0.2, 0.25) is 0 Å². The second kappa shape index (κ2) is 5.34. The van der Waals surface area contributed by atoms with Crippen LogP contribution in [-0.2, 0) is 6.42 Å². The molecule has 3 heteroatoms. The summed E-state index contributed by atoms with van der Waals surface area (Å²) >= 11 is 1.69. The second-order valence-corrected chi connectivity index (χ2v) is 4.12. The Morgan fingerprint density at radius 3 is 2.88 bits per heavy atom. The molecule has 0 N–H and O–H groups in total. The highest BCUT2D eigenvalue weighted by Gasteiger charge is 2.01. The summed E-state index contributed by atoms with van der Waals surface area (Å²) in [5, 5.41) is 13.0. The van der Waals surface area contributed by atoms with Crippen molar-refractivity contribution in [1.82, 2.24) is 0 Å². The molecule has 2 rings (SSSR count). The molecule has 0 aliphatic rings. The number of benzene rings is 1. The third-order valence-electron chi connectivity index (χ3n) is 2.24. The molecule has 1 aromatic carbocycles. The number of para-hydroxylation sites is 1. The first kappa shape index (κ1) is 10.7. The molecule has 0 fully saturated rings. The van der Waals surface area contributed by atoms with Crippen LogP contribution < -0.4 is 4.74 Å². The van der Waals surface area contributed by atoms with E-state index in [-0.39, 0.29) is 0 Å². The monoisotopic (exact) mass is 229 g/mol. The van der Waals surface area contributed by atoms with Gasteiger partial charge in [-0.25, -0.2) is 0 Å². The van der Waals surface area contributed by atoms with Crippen LogP contribution in [0, 0.1) is 11.3 Å². The standard InChI is InChI=1S/C13H11NOS/c14-9-12-3-1-2-4-13(12)15-7-5-11-6-8-16-10-11/h1-4,6,8,10H,5,7H2. The Morgan fingerprint density at radius 2 is 2.12 bits per heavy atom. The fourth-order valence-corrected chi connectivity index (χ4v) is 2.10. The van der Waals surface area contributed by atoms with Gasteiger partial charge in [0.25, 0.3) is 0 Å². The van der Waals surface area contributed by atoms with Crippen molar-refractivity contribution in [3.8, 4) is 11.8 Å². The van der Waals surface area contributed by atoms with Crippen LogP contribution in [0.4, 0.5) is 0 Å². The highest BCUT2D eigenvalue weighted by atomic mass is 32.1. The van der Waals surface area contributed by atoms with E-state index < -0.39 is 0 Å². The smallest absolute Gasteiger partial charge is 0.137 e. The van der Waals surface area contributed by atoms with Crippen molar-refractivity contribution in [2.75, 3.05) is 6.61 Å². The van der Waals surface area contributed by atoms with Crippen molar-refractivity contribution in [1.29, 1.82) is 5.26 Å². The minimum atomic E-state index is 0.591. The number of hydrogen-bond donors (Lipinski definition) is 0. The molecule has 80 valence electrons. The van der Waals surface area contributed by atoms with Gasteiger partial charge in [-0.2, -0.15) is 16.6 Å². The molecule has 0 aliphatic heterocycles. The van der Waals surface area contributed by atoms with E-state index in [2.05, 4.69) is 22.9 Å². The molecule has 0 spiro atoms. The highest BCUT2D eigenvalue weighted by Crippen LogP contribution is 2.17.